The third kappa shape index (κ3) is 8.45. The Bertz CT molecular complexity index is 1050. The van der Waals surface area contributed by atoms with Gasteiger partial charge in [0.2, 0.25) is 0 Å². The van der Waals surface area contributed by atoms with Gasteiger partial charge in [0.1, 0.15) is 6.26 Å². The van der Waals surface area contributed by atoms with Crippen molar-refractivity contribution in [1.29, 1.82) is 0 Å². The lowest BCUT2D eigenvalue weighted by molar-refractivity contribution is 0.0687. The first-order valence-electron chi connectivity index (χ1n) is 13.8. The van der Waals surface area contributed by atoms with E-state index in [0.717, 1.165) is 19.4 Å². The molecule has 0 aliphatic heterocycles. The summed E-state index contributed by atoms with van der Waals surface area (Å²) in [5, 5.41) is 0. The van der Waals surface area contributed by atoms with Crippen molar-refractivity contribution in [2.45, 2.75) is 91.5 Å². The van der Waals surface area contributed by atoms with Crippen molar-refractivity contribution in [2.75, 3.05) is 6.54 Å². The third-order valence-corrected chi connectivity index (χ3v) is 7.26. The lowest BCUT2D eigenvalue weighted by Gasteiger charge is -2.27. The Morgan fingerprint density at radius 1 is 1.08 bits per heavy atom. The zero-order valence-corrected chi connectivity index (χ0v) is 23.6. The molecule has 1 aliphatic rings. The lowest BCUT2D eigenvalue weighted by atomic mass is 9.85. The summed E-state index contributed by atoms with van der Waals surface area (Å²) in [5.41, 5.74) is 7.13. The molecular formula is C33H46N2O2. The van der Waals surface area contributed by atoms with E-state index in [1.54, 1.807) is 6.07 Å². The maximum Gasteiger partial charge on any atom is 0.257 e. The van der Waals surface area contributed by atoms with E-state index in [9.17, 15) is 4.79 Å². The van der Waals surface area contributed by atoms with Crippen molar-refractivity contribution in [3.8, 4) is 11.1 Å². The van der Waals surface area contributed by atoms with E-state index in [1.165, 1.54) is 72.7 Å². The molecule has 2 heterocycles. The maximum atomic E-state index is 12.1. The number of amides is 1. The van der Waals surface area contributed by atoms with Gasteiger partial charge in [0.05, 0.1) is 11.8 Å². The van der Waals surface area contributed by atoms with Gasteiger partial charge in [0.25, 0.3) is 5.91 Å². The van der Waals surface area contributed by atoms with Crippen LogP contribution in [0.25, 0.3) is 11.1 Å². The van der Waals surface area contributed by atoms with Crippen LogP contribution in [0.4, 0.5) is 0 Å². The van der Waals surface area contributed by atoms with Crippen LogP contribution in [0.15, 0.2) is 72.6 Å². The number of aryl methyl sites for hydroxylation is 1. The molecule has 1 aliphatic carbocycles. The molecule has 1 unspecified atom stereocenters. The highest BCUT2D eigenvalue weighted by molar-refractivity contribution is 5.94. The monoisotopic (exact) mass is 502 g/mol. The van der Waals surface area contributed by atoms with Gasteiger partial charge in [-0.3, -0.25) is 9.78 Å². The highest BCUT2D eigenvalue weighted by Gasteiger charge is 2.20. The van der Waals surface area contributed by atoms with E-state index in [1.807, 2.05) is 4.90 Å². The number of carbonyl (C=O) groups is 1. The predicted octanol–water partition coefficient (Wildman–Crippen LogP) is 9.15. The van der Waals surface area contributed by atoms with Crippen molar-refractivity contribution >= 4 is 5.91 Å². The highest BCUT2D eigenvalue weighted by Crippen LogP contribution is 2.35. The zero-order valence-electron chi connectivity index (χ0n) is 23.6. The summed E-state index contributed by atoms with van der Waals surface area (Å²) in [6, 6.07) is 15.1. The van der Waals surface area contributed by atoms with Crippen molar-refractivity contribution in [3.05, 3.63) is 90.7 Å². The van der Waals surface area contributed by atoms with E-state index in [4.69, 9.17) is 9.40 Å². The van der Waals surface area contributed by atoms with Crippen molar-refractivity contribution in [2.24, 2.45) is 0 Å². The molecule has 37 heavy (non-hydrogen) atoms. The fraction of sp³-hybridized carbons (Fsp3) is 0.455. The van der Waals surface area contributed by atoms with Gasteiger partial charge in [0.15, 0.2) is 0 Å². The minimum absolute atomic E-state index is 0.0694. The largest absolute Gasteiger partial charge is 0.472 e. The first kappa shape index (κ1) is 30.1. The molecule has 1 atom stereocenters. The second-order valence-electron chi connectivity index (χ2n) is 9.77. The molecule has 0 radical (unpaired) electrons. The van der Waals surface area contributed by atoms with Gasteiger partial charge in [-0.25, -0.2) is 0 Å². The van der Waals surface area contributed by atoms with Gasteiger partial charge >= 0.3 is 0 Å². The zero-order chi connectivity index (χ0) is 27.2. The quantitative estimate of drug-likeness (QED) is 0.303. The van der Waals surface area contributed by atoms with Gasteiger partial charge in [-0.2, -0.15) is 0 Å². The van der Waals surface area contributed by atoms with Crippen LogP contribution in [0.5, 0.6) is 0 Å². The Morgan fingerprint density at radius 2 is 1.76 bits per heavy atom. The average Bonchev–Trinajstić information content (AvgIpc) is 3.50. The second-order valence-corrected chi connectivity index (χ2v) is 9.77. The van der Waals surface area contributed by atoms with Crippen LogP contribution in [-0.2, 0) is 0 Å². The summed E-state index contributed by atoms with van der Waals surface area (Å²) in [7, 11) is 0. The van der Waals surface area contributed by atoms with Crippen LogP contribution in [0.2, 0.25) is 0 Å². The van der Waals surface area contributed by atoms with Crippen molar-refractivity contribution < 1.29 is 9.21 Å². The van der Waals surface area contributed by atoms with Crippen molar-refractivity contribution in [3.63, 3.8) is 0 Å². The third-order valence-electron chi connectivity index (χ3n) is 7.26. The summed E-state index contributed by atoms with van der Waals surface area (Å²) < 4.78 is 4.93. The summed E-state index contributed by atoms with van der Waals surface area (Å²) in [6.07, 6.45) is 11.7. The van der Waals surface area contributed by atoms with Crippen LogP contribution in [0.3, 0.4) is 0 Å². The summed E-state index contributed by atoms with van der Waals surface area (Å²) in [6.45, 7) is 17.4. The topological polar surface area (TPSA) is 46.3 Å². The standard InChI is InChI=1S/C19H23N.C12H19NO2.C2H4/c1-14-15(2)20-19(17-11-7-4-8-12-17)13-18(14)16-9-5-3-6-10-16;1-4-7-13(10(3)5-2)12(14)11-6-8-15-9-11;1-2/h3,5-6,9-10,13,17H,4,7-8,11-12H2,1-2H3;6,8-10H,4-5,7H2,1-3H3;1-2H2. The van der Waals surface area contributed by atoms with E-state index in [-0.39, 0.29) is 11.9 Å². The van der Waals surface area contributed by atoms with Crippen LogP contribution >= 0.6 is 0 Å². The normalized spacial score (nSPS) is 14.0. The van der Waals surface area contributed by atoms with E-state index >= 15 is 0 Å². The molecule has 1 amide bonds. The molecule has 0 saturated heterocycles. The Balaban J connectivity index is 0.000000254. The molecule has 1 saturated carbocycles. The number of carbonyl (C=O) groups excluding carboxylic acids is 1. The minimum Gasteiger partial charge on any atom is -0.472 e. The van der Waals surface area contributed by atoms with Gasteiger partial charge < -0.3 is 9.32 Å². The molecule has 1 fully saturated rings. The van der Waals surface area contributed by atoms with Crippen LogP contribution in [0.1, 0.15) is 98.9 Å². The smallest absolute Gasteiger partial charge is 0.257 e. The molecule has 4 rings (SSSR count). The lowest BCUT2D eigenvalue weighted by Crippen LogP contribution is -2.38. The number of pyridine rings is 1. The fourth-order valence-electron chi connectivity index (χ4n) is 4.82. The SMILES string of the molecule is C=C.CCCN(C(=O)c1ccoc1)C(C)CC.Cc1nc(C2CCCCC2)cc(-c2ccccc2)c1C. The number of benzene rings is 1. The summed E-state index contributed by atoms with van der Waals surface area (Å²) in [5.74, 6) is 0.741. The molecule has 4 nitrogen and oxygen atoms in total. The second kappa shape index (κ2) is 15.9. The summed E-state index contributed by atoms with van der Waals surface area (Å²) >= 11 is 0. The van der Waals surface area contributed by atoms with Crippen LogP contribution in [0, 0.1) is 13.8 Å². The van der Waals surface area contributed by atoms with E-state index in [2.05, 4.69) is 84.2 Å². The first-order chi connectivity index (χ1) is 18.0. The Labute approximate surface area is 224 Å². The van der Waals surface area contributed by atoms with Gasteiger partial charge in [-0.15, -0.1) is 13.2 Å². The molecule has 1 aromatic carbocycles. The Kier molecular flexibility index (Phi) is 12.9. The molecule has 200 valence electrons. The summed E-state index contributed by atoms with van der Waals surface area (Å²) in [4.78, 5) is 18.9. The first-order valence-corrected chi connectivity index (χ1v) is 13.8. The molecule has 4 heteroatoms. The maximum absolute atomic E-state index is 12.1. The minimum atomic E-state index is 0.0694. The number of furan rings is 1. The number of nitrogens with zero attached hydrogens (tertiary/aromatic N) is 2. The Morgan fingerprint density at radius 3 is 2.32 bits per heavy atom. The fourth-order valence-corrected chi connectivity index (χ4v) is 4.82. The van der Waals surface area contributed by atoms with Gasteiger partial charge in [-0.1, -0.05) is 63.4 Å². The van der Waals surface area contributed by atoms with Gasteiger partial charge in [-0.05, 0) is 75.3 Å². The van der Waals surface area contributed by atoms with Crippen molar-refractivity contribution in [1.82, 2.24) is 9.88 Å². The molecule has 0 N–H and O–H groups in total. The number of aromatic nitrogens is 1. The molecule has 0 spiro atoms. The number of hydrogen-bond donors (Lipinski definition) is 0. The molecule has 0 bridgehead atoms. The van der Waals surface area contributed by atoms with E-state index < -0.39 is 0 Å². The Hall–Kier alpha value is -3.14. The van der Waals surface area contributed by atoms with Gasteiger partial charge in [0, 0.05) is 29.9 Å². The molecule has 3 aromatic rings. The van der Waals surface area contributed by atoms with E-state index in [0.29, 0.717) is 11.5 Å². The molecule has 2 aromatic heterocycles. The number of hydrogen-bond acceptors (Lipinski definition) is 3. The average molecular weight is 503 g/mol. The predicted molar refractivity (Wildman–Crippen MR) is 156 cm³/mol. The van der Waals surface area contributed by atoms with Crippen LogP contribution < -0.4 is 0 Å². The van der Waals surface area contributed by atoms with Crippen LogP contribution in [-0.4, -0.2) is 28.4 Å². The molecular weight excluding hydrogens is 456 g/mol. The highest BCUT2D eigenvalue weighted by atomic mass is 16.3. The number of rotatable bonds is 7.